The smallest absolute Gasteiger partial charge is 0.0839 e. The van der Waals surface area contributed by atoms with Gasteiger partial charge < -0.3 is 4.74 Å². The summed E-state index contributed by atoms with van der Waals surface area (Å²) in [6.07, 6.45) is 6.27. The Labute approximate surface area is 49.2 Å². The van der Waals surface area contributed by atoms with Crippen LogP contribution in [-0.4, -0.2) is 13.3 Å². The monoisotopic (exact) mass is 111 g/mol. The second-order valence-corrected chi connectivity index (χ2v) is 1.04. The molecule has 0 fully saturated rings. The lowest BCUT2D eigenvalue weighted by atomic mass is 10.7. The van der Waals surface area contributed by atoms with Crippen molar-refractivity contribution in [2.24, 2.45) is 4.99 Å². The molecule has 2 heteroatoms. The Balaban J connectivity index is 3.26. The highest BCUT2D eigenvalue weighted by Gasteiger charge is 1.58. The number of methoxy groups -OCH3 is 1. The van der Waals surface area contributed by atoms with E-state index in [0.29, 0.717) is 0 Å². The predicted molar refractivity (Wildman–Crippen MR) is 34.8 cm³/mol. The third kappa shape index (κ3) is 4.95. The number of allylic oxidation sites excluding steroid dienone is 1. The predicted octanol–water partition coefficient (Wildman–Crippen LogP) is 1.36. The highest BCUT2D eigenvalue weighted by molar-refractivity contribution is 5.71. The highest BCUT2D eigenvalue weighted by Crippen LogP contribution is 1.69. The van der Waals surface area contributed by atoms with Crippen LogP contribution < -0.4 is 0 Å². The molecule has 0 aliphatic heterocycles. The normalized spacial score (nSPS) is 10.6. The zero-order chi connectivity index (χ0) is 6.24. The molecular weight excluding hydrogens is 102 g/mol. The SMILES string of the molecule is C=CN=C/C=C\OC. The van der Waals surface area contributed by atoms with Gasteiger partial charge in [0.1, 0.15) is 0 Å². The lowest BCUT2D eigenvalue weighted by Gasteiger charge is -1.78. The molecule has 0 radical (unpaired) electrons. The molecule has 0 rings (SSSR count). The molecule has 0 N–H and O–H groups in total. The molecule has 0 unspecified atom stereocenters. The lowest BCUT2D eigenvalue weighted by molar-refractivity contribution is 0.338. The number of nitrogens with zero attached hydrogens (tertiary/aromatic N) is 1. The van der Waals surface area contributed by atoms with E-state index in [1.165, 1.54) is 12.5 Å². The zero-order valence-corrected chi connectivity index (χ0v) is 4.87. The molecule has 0 aromatic heterocycles. The van der Waals surface area contributed by atoms with Gasteiger partial charge in [-0.1, -0.05) is 6.58 Å². The molecule has 0 bridgehead atoms. The van der Waals surface area contributed by atoms with Crippen molar-refractivity contribution >= 4 is 6.21 Å². The van der Waals surface area contributed by atoms with Gasteiger partial charge in [0, 0.05) is 12.4 Å². The highest BCUT2D eigenvalue weighted by atomic mass is 16.5. The summed E-state index contributed by atoms with van der Waals surface area (Å²) < 4.78 is 4.58. The van der Waals surface area contributed by atoms with Crippen LogP contribution in [0.5, 0.6) is 0 Å². The van der Waals surface area contributed by atoms with Gasteiger partial charge in [0.05, 0.1) is 13.4 Å². The van der Waals surface area contributed by atoms with Gasteiger partial charge in [-0.15, -0.1) is 0 Å². The van der Waals surface area contributed by atoms with Gasteiger partial charge in [-0.05, 0) is 6.08 Å². The van der Waals surface area contributed by atoms with E-state index in [1.807, 2.05) is 0 Å². The molecule has 0 aliphatic rings. The molecule has 44 valence electrons. The van der Waals surface area contributed by atoms with Crippen LogP contribution in [0.15, 0.2) is 30.1 Å². The van der Waals surface area contributed by atoms with E-state index in [9.17, 15) is 0 Å². The number of rotatable bonds is 3. The van der Waals surface area contributed by atoms with Gasteiger partial charge in [0.25, 0.3) is 0 Å². The molecule has 2 nitrogen and oxygen atoms in total. The molecular formula is C6H9NO. The van der Waals surface area contributed by atoms with Crippen molar-refractivity contribution in [2.75, 3.05) is 7.11 Å². The van der Waals surface area contributed by atoms with Crippen molar-refractivity contribution in [3.63, 3.8) is 0 Å². The fourth-order valence-electron chi connectivity index (χ4n) is 0.224. The van der Waals surface area contributed by atoms with Gasteiger partial charge in [-0.25, -0.2) is 0 Å². The minimum absolute atomic E-state index is 1.46. The molecule has 0 atom stereocenters. The molecule has 0 aromatic rings. The average Bonchev–Trinajstić information content (AvgIpc) is 1.81. The van der Waals surface area contributed by atoms with Crippen molar-refractivity contribution < 1.29 is 4.74 Å². The molecule has 0 amide bonds. The fraction of sp³-hybridized carbons (Fsp3) is 0.167. The summed E-state index contributed by atoms with van der Waals surface area (Å²) in [5.41, 5.74) is 0. The summed E-state index contributed by atoms with van der Waals surface area (Å²) in [6.45, 7) is 3.39. The number of aliphatic imine (C=N–C) groups is 1. The number of hydrogen-bond acceptors (Lipinski definition) is 2. The minimum atomic E-state index is 1.46. The summed E-state index contributed by atoms with van der Waals surface area (Å²) in [4.78, 5) is 3.68. The first-order valence-electron chi connectivity index (χ1n) is 2.24. The first-order valence-corrected chi connectivity index (χ1v) is 2.24. The van der Waals surface area contributed by atoms with E-state index in [1.54, 1.807) is 19.4 Å². The summed E-state index contributed by atoms with van der Waals surface area (Å²) >= 11 is 0. The van der Waals surface area contributed by atoms with Crippen LogP contribution in [0.25, 0.3) is 0 Å². The maximum atomic E-state index is 4.58. The molecule has 0 heterocycles. The Morgan fingerprint density at radius 2 is 2.38 bits per heavy atom. The summed E-state index contributed by atoms with van der Waals surface area (Å²) in [5.74, 6) is 0. The van der Waals surface area contributed by atoms with E-state index in [-0.39, 0.29) is 0 Å². The Kier molecular flexibility index (Phi) is 5.17. The van der Waals surface area contributed by atoms with Crippen LogP contribution in [-0.2, 0) is 4.74 Å². The van der Waals surface area contributed by atoms with Gasteiger partial charge in [-0.3, -0.25) is 4.99 Å². The molecule has 0 saturated heterocycles. The van der Waals surface area contributed by atoms with E-state index in [2.05, 4.69) is 16.3 Å². The van der Waals surface area contributed by atoms with Crippen LogP contribution in [0.1, 0.15) is 0 Å². The van der Waals surface area contributed by atoms with Crippen molar-refractivity contribution in [1.82, 2.24) is 0 Å². The van der Waals surface area contributed by atoms with Gasteiger partial charge >= 0.3 is 0 Å². The van der Waals surface area contributed by atoms with Crippen molar-refractivity contribution in [1.29, 1.82) is 0 Å². The second-order valence-electron chi connectivity index (χ2n) is 1.04. The average molecular weight is 111 g/mol. The quantitative estimate of drug-likeness (QED) is 0.398. The molecule has 0 aliphatic carbocycles. The van der Waals surface area contributed by atoms with Crippen molar-refractivity contribution in [3.05, 3.63) is 25.1 Å². The van der Waals surface area contributed by atoms with E-state index < -0.39 is 0 Å². The molecule has 0 spiro atoms. The van der Waals surface area contributed by atoms with Gasteiger partial charge in [-0.2, -0.15) is 0 Å². The Bertz CT molecular complexity index is 105. The van der Waals surface area contributed by atoms with Gasteiger partial charge in [0.15, 0.2) is 0 Å². The van der Waals surface area contributed by atoms with E-state index in [0.717, 1.165) is 0 Å². The molecule has 0 saturated carbocycles. The van der Waals surface area contributed by atoms with Crippen LogP contribution in [0, 0.1) is 0 Å². The maximum absolute atomic E-state index is 4.58. The summed E-state index contributed by atoms with van der Waals surface area (Å²) in [7, 11) is 1.58. The van der Waals surface area contributed by atoms with Crippen LogP contribution in [0.4, 0.5) is 0 Å². The topological polar surface area (TPSA) is 21.6 Å². The third-order valence-electron chi connectivity index (χ3n) is 0.492. The minimum Gasteiger partial charge on any atom is -0.504 e. The van der Waals surface area contributed by atoms with Crippen molar-refractivity contribution in [3.8, 4) is 0 Å². The lowest BCUT2D eigenvalue weighted by Crippen LogP contribution is -1.65. The molecule has 8 heavy (non-hydrogen) atoms. The van der Waals surface area contributed by atoms with Crippen LogP contribution in [0.3, 0.4) is 0 Å². The van der Waals surface area contributed by atoms with Crippen LogP contribution in [0.2, 0.25) is 0 Å². The molecule has 0 aromatic carbocycles. The van der Waals surface area contributed by atoms with Gasteiger partial charge in [0.2, 0.25) is 0 Å². The second kappa shape index (κ2) is 5.95. The summed E-state index contributed by atoms with van der Waals surface area (Å²) in [5, 5.41) is 0. The first kappa shape index (κ1) is 6.95. The van der Waals surface area contributed by atoms with Crippen molar-refractivity contribution in [2.45, 2.75) is 0 Å². The largest absolute Gasteiger partial charge is 0.504 e. The van der Waals surface area contributed by atoms with E-state index >= 15 is 0 Å². The Morgan fingerprint density at radius 3 is 2.88 bits per heavy atom. The Morgan fingerprint density at radius 1 is 1.62 bits per heavy atom. The third-order valence-corrected chi connectivity index (χ3v) is 0.492. The van der Waals surface area contributed by atoms with E-state index in [4.69, 9.17) is 0 Å². The standard InChI is InChI=1S/C6H9NO/c1-3-7-5-4-6-8-2/h3-6H,1H2,2H3/b6-4-,7-5?. The zero-order valence-electron chi connectivity index (χ0n) is 4.87. The Hall–Kier alpha value is -1.05. The number of hydrogen-bond donors (Lipinski definition) is 0. The fourth-order valence-corrected chi connectivity index (χ4v) is 0.224. The number of ether oxygens (including phenoxy) is 1. The van der Waals surface area contributed by atoms with Crippen LogP contribution >= 0.6 is 0 Å². The maximum Gasteiger partial charge on any atom is 0.0839 e. The summed E-state index contributed by atoms with van der Waals surface area (Å²) in [6, 6.07) is 0. The first-order chi connectivity index (χ1) is 3.91.